The van der Waals surface area contributed by atoms with Gasteiger partial charge in [0, 0.05) is 5.56 Å². The van der Waals surface area contributed by atoms with E-state index in [0.717, 1.165) is 24.4 Å². The molecule has 2 aromatic rings. The van der Waals surface area contributed by atoms with E-state index in [-0.39, 0.29) is 11.4 Å². The number of hydrogen-bond acceptors (Lipinski definition) is 3. The van der Waals surface area contributed by atoms with Gasteiger partial charge in [0.05, 0.1) is 17.3 Å². The molecule has 0 unspecified atom stereocenters. The molecule has 1 aromatic carbocycles. The molecule has 0 saturated heterocycles. The molecule has 0 amide bonds. The van der Waals surface area contributed by atoms with Gasteiger partial charge >= 0.3 is 6.18 Å². The minimum absolute atomic E-state index is 0.0863. The predicted molar refractivity (Wildman–Crippen MR) is 51.3 cm³/mol. The fourth-order valence-electron chi connectivity index (χ4n) is 1.49. The van der Waals surface area contributed by atoms with E-state index in [0.29, 0.717) is 0 Å². The molecule has 0 fully saturated rings. The number of hydrogen-bond donors (Lipinski definition) is 1. The molecule has 0 saturated carbocycles. The standard InChI is InChI=1S/C10H6F4N2O/c11-7-3-1-2-5(8(7)10(12,13)14)6-4-16-17-9(6)15/h1-4H,15H2. The molecule has 0 aliphatic rings. The first-order valence-corrected chi connectivity index (χ1v) is 4.47. The summed E-state index contributed by atoms with van der Waals surface area (Å²) in [5, 5.41) is 3.26. The Labute approximate surface area is 92.8 Å². The Bertz CT molecular complexity index is 547. The molecule has 90 valence electrons. The second kappa shape index (κ2) is 3.76. The van der Waals surface area contributed by atoms with Gasteiger partial charge in [0.15, 0.2) is 0 Å². The van der Waals surface area contributed by atoms with E-state index in [1.165, 1.54) is 0 Å². The third-order valence-electron chi connectivity index (χ3n) is 2.19. The van der Waals surface area contributed by atoms with Gasteiger partial charge in [0.2, 0.25) is 5.88 Å². The highest BCUT2D eigenvalue weighted by atomic mass is 19.4. The first-order valence-electron chi connectivity index (χ1n) is 4.47. The van der Waals surface area contributed by atoms with E-state index < -0.39 is 23.1 Å². The Morgan fingerprint density at radius 2 is 1.88 bits per heavy atom. The molecule has 0 radical (unpaired) electrons. The van der Waals surface area contributed by atoms with Crippen LogP contribution in [0.1, 0.15) is 5.56 Å². The molecule has 0 aliphatic heterocycles. The average Bonchev–Trinajstić information content (AvgIpc) is 2.62. The van der Waals surface area contributed by atoms with Crippen molar-refractivity contribution in [3.8, 4) is 11.1 Å². The van der Waals surface area contributed by atoms with Gasteiger partial charge in [-0.05, 0) is 6.07 Å². The zero-order valence-electron chi connectivity index (χ0n) is 8.25. The Kier molecular flexibility index (Phi) is 2.53. The normalized spacial score (nSPS) is 11.8. The van der Waals surface area contributed by atoms with Gasteiger partial charge in [-0.15, -0.1) is 0 Å². The number of alkyl halides is 3. The summed E-state index contributed by atoms with van der Waals surface area (Å²) >= 11 is 0. The second-order valence-corrected chi connectivity index (χ2v) is 3.26. The van der Waals surface area contributed by atoms with E-state index in [9.17, 15) is 17.6 Å². The lowest BCUT2D eigenvalue weighted by molar-refractivity contribution is -0.139. The Morgan fingerprint density at radius 1 is 1.18 bits per heavy atom. The molecule has 0 atom stereocenters. The van der Waals surface area contributed by atoms with Crippen molar-refractivity contribution in [1.82, 2.24) is 5.16 Å². The lowest BCUT2D eigenvalue weighted by Crippen LogP contribution is -2.10. The molecule has 1 aromatic heterocycles. The van der Waals surface area contributed by atoms with Crippen LogP contribution in [-0.4, -0.2) is 5.16 Å². The maximum Gasteiger partial charge on any atom is 0.419 e. The summed E-state index contributed by atoms with van der Waals surface area (Å²) in [5.41, 5.74) is 3.46. The fourth-order valence-corrected chi connectivity index (χ4v) is 1.49. The zero-order chi connectivity index (χ0) is 12.6. The third kappa shape index (κ3) is 1.95. The molecule has 2 rings (SSSR count). The van der Waals surface area contributed by atoms with Gasteiger partial charge in [0.25, 0.3) is 0 Å². The zero-order valence-corrected chi connectivity index (χ0v) is 8.25. The van der Waals surface area contributed by atoms with Crippen LogP contribution in [-0.2, 0) is 6.18 Å². The van der Waals surface area contributed by atoms with Gasteiger partial charge in [-0.25, -0.2) is 4.39 Å². The van der Waals surface area contributed by atoms with Crippen molar-refractivity contribution in [3.05, 3.63) is 35.8 Å². The minimum Gasteiger partial charge on any atom is -0.367 e. The van der Waals surface area contributed by atoms with Gasteiger partial charge in [-0.2, -0.15) is 13.2 Å². The van der Waals surface area contributed by atoms with Crippen molar-refractivity contribution < 1.29 is 22.1 Å². The Morgan fingerprint density at radius 3 is 2.41 bits per heavy atom. The van der Waals surface area contributed by atoms with Crippen LogP contribution in [0.25, 0.3) is 11.1 Å². The number of aromatic nitrogens is 1. The monoisotopic (exact) mass is 246 g/mol. The van der Waals surface area contributed by atoms with Crippen molar-refractivity contribution in [1.29, 1.82) is 0 Å². The highest BCUT2D eigenvalue weighted by Crippen LogP contribution is 2.40. The summed E-state index contributed by atoms with van der Waals surface area (Å²) in [6, 6.07) is 3.00. The van der Waals surface area contributed by atoms with E-state index in [2.05, 4.69) is 9.68 Å². The largest absolute Gasteiger partial charge is 0.419 e. The lowest BCUT2D eigenvalue weighted by Gasteiger charge is -2.12. The van der Waals surface area contributed by atoms with Crippen LogP contribution in [0.3, 0.4) is 0 Å². The molecule has 0 spiro atoms. The first-order chi connectivity index (χ1) is 7.91. The topological polar surface area (TPSA) is 52.0 Å². The number of rotatable bonds is 1. The molecular formula is C10H6F4N2O. The van der Waals surface area contributed by atoms with Crippen molar-refractivity contribution in [2.75, 3.05) is 5.73 Å². The number of nitrogens with two attached hydrogens (primary N) is 1. The van der Waals surface area contributed by atoms with Gasteiger partial charge in [-0.3, -0.25) is 0 Å². The van der Waals surface area contributed by atoms with Crippen molar-refractivity contribution in [2.45, 2.75) is 6.18 Å². The van der Waals surface area contributed by atoms with Crippen LogP contribution < -0.4 is 5.73 Å². The summed E-state index contributed by atoms with van der Waals surface area (Å²) in [6.45, 7) is 0. The number of benzene rings is 1. The number of halogens is 4. The highest BCUT2D eigenvalue weighted by Gasteiger charge is 2.37. The van der Waals surface area contributed by atoms with Crippen LogP contribution >= 0.6 is 0 Å². The molecular weight excluding hydrogens is 240 g/mol. The summed E-state index contributed by atoms with van der Waals surface area (Å²) in [6.07, 6.45) is -3.80. The maximum absolute atomic E-state index is 13.3. The molecule has 2 N–H and O–H groups in total. The molecule has 0 aliphatic carbocycles. The maximum atomic E-state index is 13.3. The molecule has 3 nitrogen and oxygen atoms in total. The highest BCUT2D eigenvalue weighted by molar-refractivity contribution is 5.75. The lowest BCUT2D eigenvalue weighted by atomic mass is 10.0. The first kappa shape index (κ1) is 11.4. The average molecular weight is 246 g/mol. The molecule has 0 bridgehead atoms. The summed E-state index contributed by atoms with van der Waals surface area (Å²) < 4.78 is 55.8. The molecule has 1 heterocycles. The van der Waals surface area contributed by atoms with Crippen LogP contribution in [0.15, 0.2) is 28.9 Å². The van der Waals surface area contributed by atoms with Crippen molar-refractivity contribution >= 4 is 5.88 Å². The molecule has 17 heavy (non-hydrogen) atoms. The van der Waals surface area contributed by atoms with Gasteiger partial charge in [0.1, 0.15) is 5.82 Å². The SMILES string of the molecule is Nc1oncc1-c1cccc(F)c1C(F)(F)F. The second-order valence-electron chi connectivity index (χ2n) is 3.26. The fraction of sp³-hybridized carbons (Fsp3) is 0.100. The van der Waals surface area contributed by atoms with Crippen LogP contribution in [0, 0.1) is 5.82 Å². The summed E-state index contributed by atoms with van der Waals surface area (Å²) in [4.78, 5) is 0. The number of nitrogen functional groups attached to an aromatic ring is 1. The van der Waals surface area contributed by atoms with E-state index >= 15 is 0 Å². The van der Waals surface area contributed by atoms with Gasteiger partial charge in [-0.1, -0.05) is 17.3 Å². The minimum atomic E-state index is -4.82. The molecule has 7 heteroatoms. The van der Waals surface area contributed by atoms with Crippen LogP contribution in [0.2, 0.25) is 0 Å². The summed E-state index contributed by atoms with van der Waals surface area (Å²) in [7, 11) is 0. The Hall–Kier alpha value is -2.05. The predicted octanol–water partition coefficient (Wildman–Crippen LogP) is 3.08. The van der Waals surface area contributed by atoms with E-state index in [1.807, 2.05) is 0 Å². The summed E-state index contributed by atoms with van der Waals surface area (Å²) in [5.74, 6) is -1.66. The van der Waals surface area contributed by atoms with Gasteiger partial charge < -0.3 is 10.3 Å². The number of anilines is 1. The van der Waals surface area contributed by atoms with E-state index in [4.69, 9.17) is 5.73 Å². The van der Waals surface area contributed by atoms with E-state index in [1.54, 1.807) is 0 Å². The Balaban J connectivity index is 2.71. The number of nitrogens with zero attached hydrogens (tertiary/aromatic N) is 1. The van der Waals surface area contributed by atoms with Crippen molar-refractivity contribution in [2.24, 2.45) is 0 Å². The smallest absolute Gasteiger partial charge is 0.367 e. The van der Waals surface area contributed by atoms with Crippen LogP contribution in [0.4, 0.5) is 23.4 Å². The van der Waals surface area contributed by atoms with Crippen molar-refractivity contribution in [3.63, 3.8) is 0 Å². The quantitative estimate of drug-likeness (QED) is 0.786. The third-order valence-corrected chi connectivity index (χ3v) is 2.19. The van der Waals surface area contributed by atoms with Crippen LogP contribution in [0.5, 0.6) is 0 Å².